The molecule has 0 unspecified atom stereocenters. The summed E-state index contributed by atoms with van der Waals surface area (Å²) in [5.74, 6) is -0.766. The molecule has 0 heterocycles. The summed E-state index contributed by atoms with van der Waals surface area (Å²) in [4.78, 5) is 10.3. The van der Waals surface area contributed by atoms with E-state index in [4.69, 9.17) is 5.11 Å². The highest BCUT2D eigenvalue weighted by Gasteiger charge is 2.29. The third kappa shape index (κ3) is 7.54. The molecule has 0 aliphatic carbocycles. The van der Waals surface area contributed by atoms with E-state index in [0.29, 0.717) is 6.42 Å². The number of aliphatic carboxylic acids is 1. The molecule has 0 atom stereocenters. The fourth-order valence-corrected chi connectivity index (χ4v) is 1.89. The van der Waals surface area contributed by atoms with Crippen LogP contribution in [0.15, 0.2) is 30.3 Å². The van der Waals surface area contributed by atoms with Gasteiger partial charge in [-0.2, -0.15) is 13.2 Å². The minimum atomic E-state index is -4.29. The topological polar surface area (TPSA) is 37.3 Å². The van der Waals surface area contributed by atoms with Crippen molar-refractivity contribution in [3.63, 3.8) is 0 Å². The number of rotatable bonds is 8. The van der Waals surface area contributed by atoms with Crippen LogP contribution < -0.4 is 0 Å². The highest BCUT2D eigenvalue weighted by atomic mass is 19.4. The van der Waals surface area contributed by atoms with E-state index in [1.165, 1.54) is 12.1 Å². The first-order valence-electron chi connectivity index (χ1n) is 6.95. The van der Waals surface area contributed by atoms with E-state index in [0.717, 1.165) is 43.4 Å². The van der Waals surface area contributed by atoms with E-state index in [1.807, 2.05) is 6.08 Å². The summed E-state index contributed by atoms with van der Waals surface area (Å²) in [6, 6.07) is 5.05. The Morgan fingerprint density at radius 2 is 1.67 bits per heavy atom. The number of allylic oxidation sites excluding steroid dienone is 1. The molecule has 0 radical (unpaired) electrons. The SMILES string of the molecule is O=C(O)CCCCCC/C=C/c1ccc(C(F)(F)F)cc1. The Morgan fingerprint density at radius 3 is 2.24 bits per heavy atom. The predicted octanol–water partition coefficient (Wildman–Crippen LogP) is 5.14. The Kier molecular flexibility index (Phi) is 6.99. The van der Waals surface area contributed by atoms with Crippen molar-refractivity contribution in [2.75, 3.05) is 0 Å². The van der Waals surface area contributed by atoms with Crippen LogP contribution >= 0.6 is 0 Å². The van der Waals surface area contributed by atoms with Crippen molar-refractivity contribution in [3.05, 3.63) is 41.5 Å². The van der Waals surface area contributed by atoms with Gasteiger partial charge in [0.25, 0.3) is 0 Å². The lowest BCUT2D eigenvalue weighted by Crippen LogP contribution is -2.03. The van der Waals surface area contributed by atoms with Crippen LogP contribution in [0.1, 0.15) is 49.7 Å². The zero-order valence-electron chi connectivity index (χ0n) is 11.7. The monoisotopic (exact) mass is 300 g/mol. The van der Waals surface area contributed by atoms with Crippen LogP contribution in [0.25, 0.3) is 6.08 Å². The summed E-state index contributed by atoms with van der Waals surface area (Å²) >= 11 is 0. The highest BCUT2D eigenvalue weighted by molar-refractivity contribution is 5.66. The average Bonchev–Trinajstić information content (AvgIpc) is 2.41. The Balaban J connectivity index is 2.23. The van der Waals surface area contributed by atoms with Gasteiger partial charge in [-0.1, -0.05) is 37.1 Å². The molecule has 116 valence electrons. The second kappa shape index (κ2) is 8.49. The van der Waals surface area contributed by atoms with Gasteiger partial charge in [-0.25, -0.2) is 0 Å². The second-order valence-corrected chi connectivity index (χ2v) is 4.87. The van der Waals surface area contributed by atoms with Crippen molar-refractivity contribution in [2.24, 2.45) is 0 Å². The largest absolute Gasteiger partial charge is 0.481 e. The maximum atomic E-state index is 12.4. The summed E-state index contributed by atoms with van der Waals surface area (Å²) in [5, 5.41) is 8.47. The van der Waals surface area contributed by atoms with Crippen LogP contribution in [-0.4, -0.2) is 11.1 Å². The highest BCUT2D eigenvalue weighted by Crippen LogP contribution is 2.29. The van der Waals surface area contributed by atoms with Crippen LogP contribution in [0.5, 0.6) is 0 Å². The number of unbranched alkanes of at least 4 members (excludes halogenated alkanes) is 4. The van der Waals surface area contributed by atoms with Crippen molar-refractivity contribution < 1.29 is 23.1 Å². The molecule has 0 saturated heterocycles. The van der Waals surface area contributed by atoms with E-state index in [1.54, 1.807) is 6.08 Å². The number of hydrogen-bond donors (Lipinski definition) is 1. The molecule has 0 aliphatic heterocycles. The number of carboxylic acid groups (broad SMARTS) is 1. The molecular weight excluding hydrogens is 281 g/mol. The van der Waals surface area contributed by atoms with E-state index >= 15 is 0 Å². The number of benzene rings is 1. The smallest absolute Gasteiger partial charge is 0.416 e. The fraction of sp³-hybridized carbons (Fsp3) is 0.438. The molecule has 21 heavy (non-hydrogen) atoms. The molecule has 0 aliphatic rings. The molecule has 0 saturated carbocycles. The van der Waals surface area contributed by atoms with Gasteiger partial charge >= 0.3 is 12.1 Å². The summed E-state index contributed by atoms with van der Waals surface area (Å²) in [7, 11) is 0. The summed E-state index contributed by atoms with van der Waals surface area (Å²) in [6.45, 7) is 0. The predicted molar refractivity (Wildman–Crippen MR) is 75.8 cm³/mol. The van der Waals surface area contributed by atoms with Crippen LogP contribution in [0.3, 0.4) is 0 Å². The molecule has 0 aromatic heterocycles. The van der Waals surface area contributed by atoms with Crippen LogP contribution in [-0.2, 0) is 11.0 Å². The van der Waals surface area contributed by atoms with Gasteiger partial charge < -0.3 is 5.11 Å². The van der Waals surface area contributed by atoms with Gasteiger partial charge in [0, 0.05) is 6.42 Å². The Morgan fingerprint density at radius 1 is 1.05 bits per heavy atom. The van der Waals surface area contributed by atoms with Crippen LogP contribution in [0, 0.1) is 0 Å². The van der Waals surface area contributed by atoms with Gasteiger partial charge in [-0.05, 0) is 37.0 Å². The van der Waals surface area contributed by atoms with E-state index in [9.17, 15) is 18.0 Å². The Labute approximate surface area is 122 Å². The maximum Gasteiger partial charge on any atom is 0.416 e. The molecule has 1 rings (SSSR count). The zero-order valence-corrected chi connectivity index (χ0v) is 11.7. The molecule has 0 fully saturated rings. The molecule has 5 heteroatoms. The normalized spacial score (nSPS) is 12.0. The molecule has 2 nitrogen and oxygen atoms in total. The third-order valence-corrected chi connectivity index (χ3v) is 3.06. The van der Waals surface area contributed by atoms with Gasteiger partial charge in [-0.3, -0.25) is 4.79 Å². The van der Waals surface area contributed by atoms with E-state index in [2.05, 4.69) is 0 Å². The minimum absolute atomic E-state index is 0.210. The average molecular weight is 300 g/mol. The minimum Gasteiger partial charge on any atom is -0.481 e. The third-order valence-electron chi connectivity index (χ3n) is 3.06. The summed E-state index contributed by atoms with van der Waals surface area (Å²) in [5.41, 5.74) is 0.104. The quantitative estimate of drug-likeness (QED) is 0.675. The lowest BCUT2D eigenvalue weighted by atomic mass is 10.1. The first-order chi connectivity index (χ1) is 9.89. The number of carbonyl (C=O) groups is 1. The Hall–Kier alpha value is -1.78. The van der Waals surface area contributed by atoms with Crippen molar-refractivity contribution >= 4 is 12.0 Å². The number of halogens is 3. The molecular formula is C16H19F3O2. The second-order valence-electron chi connectivity index (χ2n) is 4.87. The first-order valence-corrected chi connectivity index (χ1v) is 6.95. The van der Waals surface area contributed by atoms with Crippen molar-refractivity contribution in [3.8, 4) is 0 Å². The van der Waals surface area contributed by atoms with Crippen molar-refractivity contribution in [1.29, 1.82) is 0 Å². The van der Waals surface area contributed by atoms with Gasteiger partial charge in [0.1, 0.15) is 0 Å². The lowest BCUT2D eigenvalue weighted by molar-refractivity contribution is -0.138. The Bertz CT molecular complexity index is 461. The van der Waals surface area contributed by atoms with Crippen molar-refractivity contribution in [1.82, 2.24) is 0 Å². The van der Waals surface area contributed by atoms with Crippen LogP contribution in [0.4, 0.5) is 13.2 Å². The molecule has 1 N–H and O–H groups in total. The first kappa shape index (κ1) is 17.3. The molecule has 0 amide bonds. The number of hydrogen-bond acceptors (Lipinski definition) is 1. The van der Waals surface area contributed by atoms with E-state index in [-0.39, 0.29) is 6.42 Å². The lowest BCUT2D eigenvalue weighted by Gasteiger charge is -2.05. The van der Waals surface area contributed by atoms with Gasteiger partial charge in [-0.15, -0.1) is 0 Å². The standard InChI is InChI=1S/C16H19F3O2/c17-16(18,19)14-11-9-13(10-12-14)7-5-3-1-2-4-6-8-15(20)21/h5,7,9-12H,1-4,6,8H2,(H,20,21)/b7-5+. The maximum absolute atomic E-state index is 12.4. The van der Waals surface area contributed by atoms with Gasteiger partial charge in [0.2, 0.25) is 0 Å². The van der Waals surface area contributed by atoms with Crippen LogP contribution in [0.2, 0.25) is 0 Å². The summed E-state index contributed by atoms with van der Waals surface area (Å²) in [6.07, 6.45) is 3.99. The number of carboxylic acids is 1. The van der Waals surface area contributed by atoms with Gasteiger partial charge in [0.15, 0.2) is 0 Å². The molecule has 1 aromatic carbocycles. The fourth-order valence-electron chi connectivity index (χ4n) is 1.89. The molecule has 1 aromatic rings. The summed E-state index contributed by atoms with van der Waals surface area (Å²) < 4.78 is 37.1. The number of alkyl halides is 3. The van der Waals surface area contributed by atoms with E-state index < -0.39 is 17.7 Å². The zero-order chi connectivity index (χ0) is 15.7. The molecule has 0 bridgehead atoms. The van der Waals surface area contributed by atoms with Gasteiger partial charge in [0.05, 0.1) is 5.56 Å². The molecule has 0 spiro atoms. The van der Waals surface area contributed by atoms with Crippen molar-refractivity contribution in [2.45, 2.75) is 44.7 Å².